The van der Waals surface area contributed by atoms with Crippen LogP contribution in [0.4, 0.5) is 0 Å². The van der Waals surface area contributed by atoms with Gasteiger partial charge in [-0.05, 0) is 18.2 Å². The van der Waals surface area contributed by atoms with Crippen LogP contribution in [0.2, 0.25) is 5.02 Å². The number of fused-ring (bicyclic) bond motifs is 2. The monoisotopic (exact) mass is 338 g/mol. The number of aryl methyl sites for hydroxylation is 1. The number of amides is 1. The average Bonchev–Trinajstić information content (AvgIpc) is 3.13. The van der Waals surface area contributed by atoms with E-state index >= 15 is 0 Å². The van der Waals surface area contributed by atoms with Gasteiger partial charge in [-0.1, -0.05) is 29.8 Å². The maximum atomic E-state index is 12.5. The van der Waals surface area contributed by atoms with E-state index in [0.29, 0.717) is 17.1 Å². The number of hydrogen-bond donors (Lipinski definition) is 1. The van der Waals surface area contributed by atoms with Gasteiger partial charge < -0.3 is 14.3 Å². The molecule has 4 aromatic rings. The summed E-state index contributed by atoms with van der Waals surface area (Å²) in [6.45, 7) is 0.362. The number of pyridine rings is 1. The number of carbonyl (C=O) groups excluding carboxylic acids is 1. The van der Waals surface area contributed by atoms with Crippen LogP contribution < -0.4 is 5.32 Å². The lowest BCUT2D eigenvalue weighted by molar-refractivity contribution is 0.0952. The van der Waals surface area contributed by atoms with E-state index in [1.807, 2.05) is 58.7 Å². The molecule has 1 aromatic carbocycles. The molecule has 4 rings (SSSR count). The first-order valence-corrected chi connectivity index (χ1v) is 7.95. The fraction of sp³-hybridized carbons (Fsp3) is 0.111. The molecule has 0 unspecified atom stereocenters. The molecular weight excluding hydrogens is 324 g/mol. The smallest absolute Gasteiger partial charge is 0.253 e. The van der Waals surface area contributed by atoms with Crippen LogP contribution in [-0.4, -0.2) is 19.9 Å². The molecule has 0 fully saturated rings. The zero-order valence-corrected chi connectivity index (χ0v) is 13.8. The lowest BCUT2D eigenvalue weighted by Crippen LogP contribution is -2.22. The fourth-order valence-corrected chi connectivity index (χ4v) is 3.06. The highest BCUT2D eigenvalue weighted by atomic mass is 35.5. The van der Waals surface area contributed by atoms with Crippen molar-refractivity contribution >= 4 is 34.1 Å². The van der Waals surface area contributed by atoms with E-state index in [1.54, 1.807) is 12.3 Å². The Hall–Kier alpha value is -2.79. The van der Waals surface area contributed by atoms with Gasteiger partial charge in [0, 0.05) is 36.5 Å². The summed E-state index contributed by atoms with van der Waals surface area (Å²) in [6.07, 6.45) is 5.51. The first kappa shape index (κ1) is 14.8. The van der Waals surface area contributed by atoms with Crippen LogP contribution in [0.25, 0.3) is 16.6 Å². The average molecular weight is 339 g/mol. The maximum Gasteiger partial charge on any atom is 0.253 e. The van der Waals surface area contributed by atoms with Crippen LogP contribution in [0.1, 0.15) is 16.1 Å². The number of carbonyl (C=O) groups is 1. The highest BCUT2D eigenvalue weighted by Crippen LogP contribution is 2.20. The molecule has 3 heterocycles. The molecule has 1 N–H and O–H groups in total. The minimum Gasteiger partial charge on any atom is -0.350 e. The Kier molecular flexibility index (Phi) is 3.50. The fourth-order valence-electron chi connectivity index (χ4n) is 2.89. The summed E-state index contributed by atoms with van der Waals surface area (Å²) in [4.78, 5) is 17.0. The van der Waals surface area contributed by atoms with Gasteiger partial charge in [0.25, 0.3) is 5.91 Å². The minimum atomic E-state index is -0.109. The number of imidazole rings is 1. The number of para-hydroxylation sites is 1. The van der Waals surface area contributed by atoms with E-state index in [1.165, 1.54) is 0 Å². The molecule has 5 nitrogen and oxygen atoms in total. The number of aromatic nitrogens is 3. The third-order valence-electron chi connectivity index (χ3n) is 4.04. The lowest BCUT2D eigenvalue weighted by Gasteiger charge is -2.01. The highest BCUT2D eigenvalue weighted by Gasteiger charge is 2.13. The number of benzene rings is 1. The second-order valence-electron chi connectivity index (χ2n) is 5.70. The van der Waals surface area contributed by atoms with E-state index in [2.05, 4.69) is 10.3 Å². The van der Waals surface area contributed by atoms with Crippen molar-refractivity contribution in [2.45, 2.75) is 6.54 Å². The van der Waals surface area contributed by atoms with Crippen molar-refractivity contribution in [3.63, 3.8) is 0 Å². The van der Waals surface area contributed by atoms with Crippen LogP contribution in [0.15, 0.2) is 55.0 Å². The summed E-state index contributed by atoms with van der Waals surface area (Å²) in [5, 5.41) is 4.52. The van der Waals surface area contributed by atoms with E-state index in [-0.39, 0.29) is 5.91 Å². The van der Waals surface area contributed by atoms with Gasteiger partial charge in [-0.15, -0.1) is 0 Å². The number of halogens is 1. The standard InChI is InChI=1S/C18H15ClN4O/c1-22-11-15(14-4-2-3-5-16(14)22)18(24)20-8-13-10-23-9-12(19)6-7-17(23)21-13/h2-7,9-11H,8H2,1H3,(H,20,24). The van der Waals surface area contributed by atoms with Crippen molar-refractivity contribution in [1.29, 1.82) is 0 Å². The summed E-state index contributed by atoms with van der Waals surface area (Å²) in [5.41, 5.74) is 3.28. The van der Waals surface area contributed by atoms with Crippen molar-refractivity contribution in [2.24, 2.45) is 7.05 Å². The van der Waals surface area contributed by atoms with Gasteiger partial charge in [0.15, 0.2) is 0 Å². The van der Waals surface area contributed by atoms with Crippen molar-refractivity contribution in [3.8, 4) is 0 Å². The van der Waals surface area contributed by atoms with Crippen LogP contribution in [0.5, 0.6) is 0 Å². The molecule has 0 aliphatic carbocycles. The van der Waals surface area contributed by atoms with E-state index in [0.717, 1.165) is 22.2 Å². The highest BCUT2D eigenvalue weighted by molar-refractivity contribution is 6.30. The SMILES string of the molecule is Cn1cc(C(=O)NCc2cn3cc(Cl)ccc3n2)c2ccccc21. The molecule has 120 valence electrons. The zero-order valence-electron chi connectivity index (χ0n) is 13.0. The Balaban J connectivity index is 1.57. The van der Waals surface area contributed by atoms with Gasteiger partial charge in [0.2, 0.25) is 0 Å². The van der Waals surface area contributed by atoms with Crippen molar-refractivity contribution in [2.75, 3.05) is 0 Å². The number of hydrogen-bond acceptors (Lipinski definition) is 2. The Labute approximate surface area is 143 Å². The number of rotatable bonds is 3. The number of nitrogens with one attached hydrogen (secondary N) is 1. The third-order valence-corrected chi connectivity index (χ3v) is 4.26. The molecular formula is C18H15ClN4O. The molecule has 0 aliphatic heterocycles. The third kappa shape index (κ3) is 2.53. The Bertz CT molecular complexity index is 1060. The predicted octanol–water partition coefficient (Wildman–Crippen LogP) is 3.41. The Morgan fingerprint density at radius 3 is 2.88 bits per heavy atom. The molecule has 0 aliphatic rings. The summed E-state index contributed by atoms with van der Waals surface area (Å²) in [6, 6.07) is 11.5. The zero-order chi connectivity index (χ0) is 16.7. The summed E-state index contributed by atoms with van der Waals surface area (Å²) < 4.78 is 3.80. The Morgan fingerprint density at radius 2 is 2.00 bits per heavy atom. The van der Waals surface area contributed by atoms with Crippen molar-refractivity contribution in [1.82, 2.24) is 19.3 Å². The predicted molar refractivity (Wildman–Crippen MR) is 94.3 cm³/mol. The van der Waals surface area contributed by atoms with Crippen LogP contribution in [0.3, 0.4) is 0 Å². The van der Waals surface area contributed by atoms with E-state index in [9.17, 15) is 4.79 Å². The first-order valence-electron chi connectivity index (χ1n) is 7.57. The van der Waals surface area contributed by atoms with Gasteiger partial charge in [-0.2, -0.15) is 0 Å². The summed E-state index contributed by atoms with van der Waals surface area (Å²) in [5.74, 6) is -0.109. The molecule has 0 radical (unpaired) electrons. The van der Waals surface area contributed by atoms with Gasteiger partial charge in [-0.3, -0.25) is 4.79 Å². The molecule has 3 aromatic heterocycles. The molecule has 24 heavy (non-hydrogen) atoms. The summed E-state index contributed by atoms with van der Waals surface area (Å²) in [7, 11) is 1.94. The summed E-state index contributed by atoms with van der Waals surface area (Å²) >= 11 is 5.97. The van der Waals surface area contributed by atoms with Crippen molar-refractivity contribution in [3.05, 3.63) is 71.3 Å². The molecule has 0 saturated heterocycles. The number of nitrogens with zero attached hydrogens (tertiary/aromatic N) is 3. The van der Waals surface area contributed by atoms with Gasteiger partial charge in [0.05, 0.1) is 22.8 Å². The van der Waals surface area contributed by atoms with E-state index in [4.69, 9.17) is 11.6 Å². The topological polar surface area (TPSA) is 51.3 Å². The normalized spacial score (nSPS) is 11.2. The lowest BCUT2D eigenvalue weighted by atomic mass is 10.1. The van der Waals surface area contributed by atoms with E-state index < -0.39 is 0 Å². The van der Waals surface area contributed by atoms with Crippen LogP contribution >= 0.6 is 11.6 Å². The largest absolute Gasteiger partial charge is 0.350 e. The molecule has 6 heteroatoms. The molecule has 0 atom stereocenters. The van der Waals surface area contributed by atoms with Crippen LogP contribution in [0, 0.1) is 0 Å². The second kappa shape index (κ2) is 5.69. The maximum absolute atomic E-state index is 12.5. The molecule has 0 saturated carbocycles. The van der Waals surface area contributed by atoms with Gasteiger partial charge in [-0.25, -0.2) is 4.98 Å². The first-order chi connectivity index (χ1) is 11.6. The Morgan fingerprint density at radius 1 is 1.17 bits per heavy atom. The minimum absolute atomic E-state index is 0.109. The van der Waals surface area contributed by atoms with Gasteiger partial charge in [0.1, 0.15) is 5.65 Å². The molecule has 1 amide bonds. The van der Waals surface area contributed by atoms with Crippen molar-refractivity contribution < 1.29 is 4.79 Å². The molecule has 0 bridgehead atoms. The van der Waals surface area contributed by atoms with Gasteiger partial charge >= 0.3 is 0 Å². The quantitative estimate of drug-likeness (QED) is 0.622. The van der Waals surface area contributed by atoms with Crippen LogP contribution in [-0.2, 0) is 13.6 Å². The molecule has 0 spiro atoms. The second-order valence-corrected chi connectivity index (χ2v) is 6.13.